The molecule has 0 bridgehead atoms. The third-order valence-corrected chi connectivity index (χ3v) is 4.66. The highest BCUT2D eigenvalue weighted by Crippen LogP contribution is 2.24. The molecule has 124 valence electrons. The number of carbonyl (C=O) groups is 1. The second-order valence-electron chi connectivity index (χ2n) is 6.00. The van der Waals surface area contributed by atoms with E-state index in [0.717, 1.165) is 11.1 Å². The molecule has 0 aliphatic heterocycles. The Morgan fingerprint density at radius 3 is 2.45 bits per heavy atom. The highest BCUT2D eigenvalue weighted by Gasteiger charge is 2.19. The Hall–Kier alpha value is -1.56. The molecule has 0 aliphatic carbocycles. The van der Waals surface area contributed by atoms with Crippen LogP contribution in [0, 0.1) is 19.8 Å². The molecule has 0 unspecified atom stereocenters. The van der Waals surface area contributed by atoms with E-state index in [1.807, 2.05) is 39.8 Å². The molecule has 0 atom stereocenters. The van der Waals surface area contributed by atoms with E-state index in [1.54, 1.807) is 6.07 Å². The number of sulfonamides is 1. The average Bonchev–Trinajstić information content (AvgIpc) is 2.36. The van der Waals surface area contributed by atoms with Crippen molar-refractivity contribution < 1.29 is 13.2 Å². The third kappa shape index (κ3) is 5.33. The summed E-state index contributed by atoms with van der Waals surface area (Å²) >= 11 is 0. The number of hydrogen-bond donors (Lipinski definition) is 1. The van der Waals surface area contributed by atoms with E-state index < -0.39 is 10.0 Å². The zero-order valence-electron chi connectivity index (χ0n) is 14.0. The summed E-state index contributed by atoms with van der Waals surface area (Å²) in [7, 11) is -3.40. The van der Waals surface area contributed by atoms with Gasteiger partial charge in [-0.2, -0.15) is 0 Å². The van der Waals surface area contributed by atoms with Crippen LogP contribution in [0.4, 0.5) is 5.69 Å². The molecule has 0 saturated heterocycles. The molecule has 0 aliphatic rings. The van der Waals surface area contributed by atoms with Gasteiger partial charge in [0.15, 0.2) is 0 Å². The van der Waals surface area contributed by atoms with Crippen molar-refractivity contribution in [2.45, 2.75) is 34.1 Å². The topological polar surface area (TPSA) is 66.5 Å². The first-order valence-corrected chi connectivity index (χ1v) is 9.28. The highest BCUT2D eigenvalue weighted by molar-refractivity contribution is 7.92. The second kappa shape index (κ2) is 7.63. The van der Waals surface area contributed by atoms with E-state index in [4.69, 9.17) is 0 Å². The number of aryl methyl sites for hydroxylation is 1. The second-order valence-corrected chi connectivity index (χ2v) is 7.91. The quantitative estimate of drug-likeness (QED) is 0.835. The van der Waals surface area contributed by atoms with Crippen LogP contribution in [0.25, 0.3) is 0 Å². The van der Waals surface area contributed by atoms with Gasteiger partial charge in [0.1, 0.15) is 0 Å². The SMILES string of the molecule is Cc1cccc(N(CCNC(=O)CC(C)C)S(C)(=O)=O)c1C. The number of amides is 1. The van der Waals surface area contributed by atoms with Gasteiger partial charge in [-0.25, -0.2) is 8.42 Å². The lowest BCUT2D eigenvalue weighted by Gasteiger charge is -2.25. The Morgan fingerprint density at radius 2 is 1.91 bits per heavy atom. The summed E-state index contributed by atoms with van der Waals surface area (Å²) in [5.74, 6) is 0.231. The number of nitrogens with one attached hydrogen (secondary N) is 1. The molecule has 0 radical (unpaired) electrons. The number of anilines is 1. The van der Waals surface area contributed by atoms with Gasteiger partial charge < -0.3 is 5.32 Å². The van der Waals surface area contributed by atoms with Gasteiger partial charge in [-0.3, -0.25) is 9.10 Å². The molecule has 1 aromatic carbocycles. The molecule has 1 aromatic rings. The minimum atomic E-state index is -3.40. The van der Waals surface area contributed by atoms with Crippen LogP contribution in [0.3, 0.4) is 0 Å². The van der Waals surface area contributed by atoms with Crippen LogP contribution in [0.2, 0.25) is 0 Å². The van der Waals surface area contributed by atoms with Crippen molar-refractivity contribution in [1.29, 1.82) is 0 Å². The molecule has 0 saturated carbocycles. The zero-order valence-corrected chi connectivity index (χ0v) is 14.8. The Labute approximate surface area is 133 Å². The van der Waals surface area contributed by atoms with Crippen LogP contribution < -0.4 is 9.62 Å². The van der Waals surface area contributed by atoms with E-state index in [0.29, 0.717) is 18.7 Å². The number of benzene rings is 1. The predicted molar refractivity (Wildman–Crippen MR) is 90.6 cm³/mol. The number of hydrogen-bond acceptors (Lipinski definition) is 3. The van der Waals surface area contributed by atoms with Crippen molar-refractivity contribution >= 4 is 21.6 Å². The Bertz CT molecular complexity index is 624. The van der Waals surface area contributed by atoms with Gasteiger partial charge in [0, 0.05) is 13.0 Å². The fourth-order valence-electron chi connectivity index (χ4n) is 2.21. The van der Waals surface area contributed by atoms with Gasteiger partial charge in [0.2, 0.25) is 15.9 Å². The van der Waals surface area contributed by atoms with E-state index in [2.05, 4.69) is 5.32 Å². The van der Waals surface area contributed by atoms with Crippen LogP contribution in [-0.2, 0) is 14.8 Å². The first-order chi connectivity index (χ1) is 10.1. The molecule has 5 nitrogen and oxygen atoms in total. The highest BCUT2D eigenvalue weighted by atomic mass is 32.2. The van der Waals surface area contributed by atoms with Crippen LogP contribution in [0.15, 0.2) is 18.2 Å². The molecule has 0 fully saturated rings. The van der Waals surface area contributed by atoms with Crippen molar-refractivity contribution in [1.82, 2.24) is 5.32 Å². The smallest absolute Gasteiger partial charge is 0.232 e. The predicted octanol–water partition coefficient (Wildman–Crippen LogP) is 2.23. The van der Waals surface area contributed by atoms with Crippen molar-refractivity contribution in [3.05, 3.63) is 29.3 Å². The lowest BCUT2D eigenvalue weighted by atomic mass is 10.1. The largest absolute Gasteiger partial charge is 0.354 e. The fourth-order valence-corrected chi connectivity index (χ4v) is 3.19. The molecule has 0 aromatic heterocycles. The summed E-state index contributed by atoms with van der Waals surface area (Å²) < 4.78 is 25.5. The van der Waals surface area contributed by atoms with Crippen molar-refractivity contribution in [2.75, 3.05) is 23.7 Å². The van der Waals surface area contributed by atoms with E-state index in [-0.39, 0.29) is 18.4 Å². The third-order valence-electron chi connectivity index (χ3n) is 3.48. The minimum Gasteiger partial charge on any atom is -0.354 e. The van der Waals surface area contributed by atoms with E-state index in [9.17, 15) is 13.2 Å². The Balaban J connectivity index is 2.84. The van der Waals surface area contributed by atoms with Crippen LogP contribution in [0.5, 0.6) is 0 Å². The maximum Gasteiger partial charge on any atom is 0.232 e. The lowest BCUT2D eigenvalue weighted by Crippen LogP contribution is -2.38. The number of nitrogens with zero attached hydrogens (tertiary/aromatic N) is 1. The van der Waals surface area contributed by atoms with Gasteiger partial charge in [-0.1, -0.05) is 26.0 Å². The summed E-state index contributed by atoms with van der Waals surface area (Å²) in [6, 6.07) is 5.58. The van der Waals surface area contributed by atoms with Gasteiger partial charge in [0.05, 0.1) is 18.5 Å². The van der Waals surface area contributed by atoms with Crippen molar-refractivity contribution in [2.24, 2.45) is 5.92 Å². The summed E-state index contributed by atoms with van der Waals surface area (Å²) in [5, 5.41) is 2.78. The summed E-state index contributed by atoms with van der Waals surface area (Å²) in [4.78, 5) is 11.7. The first-order valence-electron chi connectivity index (χ1n) is 7.43. The zero-order chi connectivity index (χ0) is 16.9. The Morgan fingerprint density at radius 1 is 1.27 bits per heavy atom. The molecular formula is C16H26N2O3S. The average molecular weight is 326 g/mol. The van der Waals surface area contributed by atoms with Gasteiger partial charge >= 0.3 is 0 Å². The number of carbonyl (C=O) groups excluding carboxylic acids is 1. The molecular weight excluding hydrogens is 300 g/mol. The first kappa shape index (κ1) is 18.5. The van der Waals surface area contributed by atoms with Crippen LogP contribution in [-0.4, -0.2) is 33.7 Å². The van der Waals surface area contributed by atoms with E-state index >= 15 is 0 Å². The normalized spacial score (nSPS) is 11.5. The van der Waals surface area contributed by atoms with Gasteiger partial charge in [-0.15, -0.1) is 0 Å². The minimum absolute atomic E-state index is 0.0515. The molecule has 1 N–H and O–H groups in total. The Kier molecular flexibility index (Phi) is 6.41. The fraction of sp³-hybridized carbons (Fsp3) is 0.562. The molecule has 1 amide bonds. The van der Waals surface area contributed by atoms with E-state index in [1.165, 1.54) is 10.6 Å². The van der Waals surface area contributed by atoms with Crippen LogP contribution >= 0.6 is 0 Å². The maximum absolute atomic E-state index is 12.1. The number of rotatable bonds is 7. The molecule has 0 heterocycles. The summed E-state index contributed by atoms with van der Waals surface area (Å²) in [6.07, 6.45) is 1.63. The van der Waals surface area contributed by atoms with Gasteiger partial charge in [0.25, 0.3) is 0 Å². The monoisotopic (exact) mass is 326 g/mol. The van der Waals surface area contributed by atoms with Crippen molar-refractivity contribution in [3.8, 4) is 0 Å². The van der Waals surface area contributed by atoms with Gasteiger partial charge in [-0.05, 0) is 37.0 Å². The van der Waals surface area contributed by atoms with Crippen LogP contribution in [0.1, 0.15) is 31.4 Å². The molecule has 22 heavy (non-hydrogen) atoms. The van der Waals surface area contributed by atoms with Crippen molar-refractivity contribution in [3.63, 3.8) is 0 Å². The summed E-state index contributed by atoms with van der Waals surface area (Å²) in [5.41, 5.74) is 2.64. The molecule has 0 spiro atoms. The standard InChI is InChI=1S/C16H26N2O3S/c1-12(2)11-16(19)17-9-10-18(22(5,20)21)15-8-6-7-13(3)14(15)4/h6-8,12H,9-11H2,1-5H3,(H,17,19). The molecule has 1 rings (SSSR count). The molecule has 6 heteroatoms. The summed E-state index contributed by atoms with van der Waals surface area (Å²) in [6.45, 7) is 8.32. The lowest BCUT2D eigenvalue weighted by molar-refractivity contribution is -0.121. The maximum atomic E-state index is 12.1.